The molecule has 0 atom stereocenters. The van der Waals surface area contributed by atoms with E-state index in [1.165, 1.54) is 11.3 Å². The minimum absolute atomic E-state index is 0.174. The van der Waals surface area contributed by atoms with Gasteiger partial charge in [0, 0.05) is 8.04 Å². The van der Waals surface area contributed by atoms with Crippen molar-refractivity contribution in [1.29, 1.82) is 0 Å². The largest absolute Gasteiger partial charge is 0.296 e. The van der Waals surface area contributed by atoms with Crippen molar-refractivity contribution in [2.24, 2.45) is 0 Å². The number of nitrogens with one attached hydrogen (secondary N) is 1. The Morgan fingerprint density at radius 1 is 1.47 bits per heavy atom. The van der Waals surface area contributed by atoms with E-state index >= 15 is 0 Å². The zero-order valence-corrected chi connectivity index (χ0v) is 13.3. The highest BCUT2D eigenvalue weighted by atomic mass is 127. The van der Waals surface area contributed by atoms with Crippen molar-refractivity contribution in [3.63, 3.8) is 0 Å². The average Bonchev–Trinajstić information content (AvgIpc) is 2.67. The smallest absolute Gasteiger partial charge is 0.258 e. The van der Waals surface area contributed by atoms with E-state index in [2.05, 4.69) is 54.0 Å². The van der Waals surface area contributed by atoms with Crippen LogP contribution in [0.3, 0.4) is 0 Å². The van der Waals surface area contributed by atoms with Crippen LogP contribution in [0.1, 0.15) is 15.4 Å². The molecule has 17 heavy (non-hydrogen) atoms. The lowest BCUT2D eigenvalue weighted by molar-refractivity contribution is 0.102. The average molecular weight is 424 g/mol. The lowest BCUT2D eigenvalue weighted by Crippen LogP contribution is -2.13. The van der Waals surface area contributed by atoms with E-state index in [9.17, 15) is 4.79 Å². The maximum Gasteiger partial charge on any atom is 0.258 e. The van der Waals surface area contributed by atoms with Crippen molar-refractivity contribution in [1.82, 2.24) is 10.2 Å². The summed E-state index contributed by atoms with van der Waals surface area (Å²) in [7, 11) is 0. The van der Waals surface area contributed by atoms with Crippen molar-refractivity contribution in [2.45, 2.75) is 6.92 Å². The van der Waals surface area contributed by atoms with Crippen LogP contribution < -0.4 is 5.32 Å². The van der Waals surface area contributed by atoms with Crippen LogP contribution in [-0.2, 0) is 0 Å². The molecule has 2 aromatic rings. The monoisotopic (exact) mass is 423 g/mol. The van der Waals surface area contributed by atoms with Gasteiger partial charge in [0.1, 0.15) is 5.01 Å². The number of aryl methyl sites for hydroxylation is 1. The predicted molar refractivity (Wildman–Crippen MR) is 79.5 cm³/mol. The van der Waals surface area contributed by atoms with E-state index in [1.807, 2.05) is 19.1 Å². The summed E-state index contributed by atoms with van der Waals surface area (Å²) in [5, 5.41) is 11.8. The summed E-state index contributed by atoms with van der Waals surface area (Å²) in [5.41, 5.74) is 0.618. The number of anilines is 1. The summed E-state index contributed by atoms with van der Waals surface area (Å²) >= 11 is 6.82. The van der Waals surface area contributed by atoms with E-state index < -0.39 is 0 Å². The summed E-state index contributed by atoms with van der Waals surface area (Å²) in [6.45, 7) is 1.84. The molecular formula is C10H7BrIN3OS. The highest BCUT2D eigenvalue weighted by molar-refractivity contribution is 14.1. The SMILES string of the molecule is Cc1nnc(NC(=O)c2cc(Br)ccc2I)s1. The van der Waals surface area contributed by atoms with Crippen molar-refractivity contribution in [3.05, 3.63) is 36.8 Å². The van der Waals surface area contributed by atoms with Crippen LogP contribution >= 0.6 is 49.9 Å². The van der Waals surface area contributed by atoms with Crippen LogP contribution in [0.15, 0.2) is 22.7 Å². The van der Waals surface area contributed by atoms with E-state index in [4.69, 9.17) is 0 Å². The van der Waals surface area contributed by atoms with Gasteiger partial charge >= 0.3 is 0 Å². The summed E-state index contributed by atoms with van der Waals surface area (Å²) in [4.78, 5) is 12.0. The molecule has 0 bridgehead atoms. The zero-order chi connectivity index (χ0) is 12.4. The summed E-state index contributed by atoms with van der Waals surface area (Å²) in [5.74, 6) is -0.174. The minimum atomic E-state index is -0.174. The number of halogens is 2. The molecule has 1 aromatic heterocycles. The minimum Gasteiger partial charge on any atom is -0.296 e. The summed E-state index contributed by atoms with van der Waals surface area (Å²) in [6.07, 6.45) is 0. The molecule has 0 spiro atoms. The van der Waals surface area contributed by atoms with Crippen molar-refractivity contribution in [3.8, 4) is 0 Å². The number of aromatic nitrogens is 2. The third-order valence-corrected chi connectivity index (χ3v) is 4.11. The normalized spacial score (nSPS) is 10.3. The molecule has 7 heteroatoms. The fraction of sp³-hybridized carbons (Fsp3) is 0.100. The highest BCUT2D eigenvalue weighted by Gasteiger charge is 2.12. The number of carbonyl (C=O) groups is 1. The number of nitrogens with zero attached hydrogens (tertiary/aromatic N) is 2. The molecule has 0 saturated heterocycles. The number of hydrogen-bond acceptors (Lipinski definition) is 4. The van der Waals surface area contributed by atoms with Crippen LogP contribution in [0.4, 0.5) is 5.13 Å². The second kappa shape index (κ2) is 5.40. The molecule has 0 unspecified atom stereocenters. The quantitative estimate of drug-likeness (QED) is 0.752. The molecular weight excluding hydrogens is 417 g/mol. The topological polar surface area (TPSA) is 54.9 Å². The number of rotatable bonds is 2. The van der Waals surface area contributed by atoms with E-state index in [0.29, 0.717) is 10.7 Å². The fourth-order valence-electron chi connectivity index (χ4n) is 1.18. The number of carbonyl (C=O) groups excluding carboxylic acids is 1. The molecule has 1 heterocycles. The van der Waals surface area contributed by atoms with Gasteiger partial charge in [-0.15, -0.1) is 10.2 Å². The van der Waals surface area contributed by atoms with Gasteiger partial charge < -0.3 is 0 Å². The fourth-order valence-corrected chi connectivity index (χ4v) is 2.71. The zero-order valence-electron chi connectivity index (χ0n) is 8.70. The summed E-state index contributed by atoms with van der Waals surface area (Å²) < 4.78 is 1.76. The standard InChI is InChI=1S/C10H7BrIN3OS/c1-5-14-15-10(17-5)13-9(16)7-4-6(11)2-3-8(7)12/h2-4H,1H3,(H,13,15,16). The maximum absolute atomic E-state index is 12.0. The number of hydrogen-bond donors (Lipinski definition) is 1. The van der Waals surface area contributed by atoms with Gasteiger partial charge in [0.05, 0.1) is 5.56 Å². The van der Waals surface area contributed by atoms with Crippen molar-refractivity contribution < 1.29 is 4.79 Å². The lowest BCUT2D eigenvalue weighted by atomic mass is 10.2. The second-order valence-electron chi connectivity index (χ2n) is 3.20. The van der Waals surface area contributed by atoms with Crippen LogP contribution in [0.2, 0.25) is 0 Å². The molecule has 1 amide bonds. The van der Waals surface area contributed by atoms with Crippen LogP contribution in [0, 0.1) is 10.5 Å². The molecule has 1 N–H and O–H groups in total. The van der Waals surface area contributed by atoms with Gasteiger partial charge in [0.2, 0.25) is 5.13 Å². The van der Waals surface area contributed by atoms with Gasteiger partial charge in [-0.2, -0.15) is 0 Å². The Balaban J connectivity index is 2.22. The molecule has 4 nitrogen and oxygen atoms in total. The molecule has 0 aliphatic rings. The van der Waals surface area contributed by atoms with Crippen LogP contribution in [0.5, 0.6) is 0 Å². The first-order valence-corrected chi connectivity index (χ1v) is 7.31. The predicted octanol–water partition coefficient (Wildman–Crippen LogP) is 3.47. The Morgan fingerprint density at radius 3 is 2.88 bits per heavy atom. The molecule has 88 valence electrons. The second-order valence-corrected chi connectivity index (χ2v) is 6.46. The van der Waals surface area contributed by atoms with Gasteiger partial charge in [-0.1, -0.05) is 27.3 Å². The first-order valence-electron chi connectivity index (χ1n) is 4.63. The van der Waals surface area contributed by atoms with Gasteiger partial charge in [-0.25, -0.2) is 0 Å². The van der Waals surface area contributed by atoms with Crippen LogP contribution in [0.25, 0.3) is 0 Å². The lowest BCUT2D eigenvalue weighted by Gasteiger charge is -2.04. The maximum atomic E-state index is 12.0. The Labute approximate surface area is 124 Å². The number of benzene rings is 1. The molecule has 0 saturated carbocycles. The van der Waals surface area contributed by atoms with Crippen molar-refractivity contribution in [2.75, 3.05) is 5.32 Å². The molecule has 2 rings (SSSR count). The van der Waals surface area contributed by atoms with Gasteiger partial charge in [-0.05, 0) is 47.7 Å². The van der Waals surface area contributed by atoms with E-state index in [-0.39, 0.29) is 5.91 Å². The molecule has 0 aliphatic heterocycles. The molecule has 0 aliphatic carbocycles. The Hall–Kier alpha value is -0.540. The molecule has 0 radical (unpaired) electrons. The van der Waals surface area contributed by atoms with E-state index in [0.717, 1.165) is 13.1 Å². The van der Waals surface area contributed by atoms with Crippen molar-refractivity contribution >= 4 is 60.9 Å². The first kappa shape index (κ1) is 12.9. The Morgan fingerprint density at radius 2 is 2.24 bits per heavy atom. The summed E-state index contributed by atoms with van der Waals surface area (Å²) in [6, 6.07) is 5.56. The van der Waals surface area contributed by atoms with Gasteiger partial charge in [0.25, 0.3) is 5.91 Å². The van der Waals surface area contributed by atoms with E-state index in [1.54, 1.807) is 6.07 Å². The Bertz CT molecular complexity index is 572. The third kappa shape index (κ3) is 3.23. The third-order valence-electron chi connectivity index (χ3n) is 1.92. The van der Waals surface area contributed by atoms with Gasteiger partial charge in [-0.3, -0.25) is 10.1 Å². The Kier molecular flexibility index (Phi) is 4.10. The van der Waals surface area contributed by atoms with Gasteiger partial charge in [0.15, 0.2) is 0 Å². The molecule has 1 aromatic carbocycles. The first-order chi connectivity index (χ1) is 8.06. The highest BCUT2D eigenvalue weighted by Crippen LogP contribution is 2.21. The number of amides is 1. The molecule has 0 fully saturated rings. The van der Waals surface area contributed by atoms with Crippen LogP contribution in [-0.4, -0.2) is 16.1 Å².